The van der Waals surface area contributed by atoms with Crippen molar-refractivity contribution in [1.29, 1.82) is 0 Å². The first kappa shape index (κ1) is 20.5. The van der Waals surface area contributed by atoms with E-state index < -0.39 is 24.5 Å². The predicted molar refractivity (Wildman–Crippen MR) is 97.6 cm³/mol. The molecule has 6 nitrogen and oxygen atoms in total. The fourth-order valence-electron chi connectivity index (χ4n) is 2.23. The first-order valence-electron chi connectivity index (χ1n) is 8.13. The number of carboxylic acid groups (broad SMARTS) is 1. The summed E-state index contributed by atoms with van der Waals surface area (Å²) >= 11 is 5.89. The summed E-state index contributed by atoms with van der Waals surface area (Å²) in [5, 5.41) is 11.5. The largest absolute Gasteiger partial charge is 0.482 e. The molecule has 2 aromatic carbocycles. The van der Waals surface area contributed by atoms with Crippen LogP contribution in [0.5, 0.6) is 11.5 Å². The third kappa shape index (κ3) is 6.14. The quantitative estimate of drug-likeness (QED) is 0.713. The highest BCUT2D eigenvalue weighted by Gasteiger charge is 2.19. The third-order valence-electron chi connectivity index (χ3n) is 3.67. The van der Waals surface area contributed by atoms with E-state index in [9.17, 15) is 14.0 Å². The number of amides is 1. The molecule has 0 radical (unpaired) electrons. The van der Waals surface area contributed by atoms with Crippen molar-refractivity contribution in [2.75, 3.05) is 6.61 Å². The Hall–Kier alpha value is -2.80. The lowest BCUT2D eigenvalue weighted by Crippen LogP contribution is -2.37. The van der Waals surface area contributed by atoms with Crippen LogP contribution < -0.4 is 14.8 Å². The number of rotatable bonds is 8. The van der Waals surface area contributed by atoms with Crippen LogP contribution in [0.15, 0.2) is 42.5 Å². The molecule has 8 heteroatoms. The minimum atomic E-state index is -1.06. The van der Waals surface area contributed by atoms with Crippen molar-refractivity contribution < 1.29 is 28.6 Å². The molecule has 144 valence electrons. The van der Waals surface area contributed by atoms with Crippen LogP contribution in [0.25, 0.3) is 0 Å². The molecule has 0 saturated carbocycles. The maximum atomic E-state index is 13.1. The molecule has 0 heterocycles. The average Bonchev–Trinajstić information content (AvgIpc) is 2.62. The summed E-state index contributed by atoms with van der Waals surface area (Å²) in [6.45, 7) is 2.93. The molecule has 2 N–H and O–H groups in total. The van der Waals surface area contributed by atoms with E-state index in [1.165, 1.54) is 12.1 Å². The smallest absolute Gasteiger partial charge is 0.341 e. The zero-order valence-corrected chi connectivity index (χ0v) is 15.5. The normalized spacial score (nSPS) is 12.7. The molecule has 0 saturated heterocycles. The number of halogens is 2. The van der Waals surface area contributed by atoms with E-state index in [0.29, 0.717) is 5.75 Å². The van der Waals surface area contributed by atoms with Gasteiger partial charge in [-0.25, -0.2) is 9.18 Å². The molecule has 2 unspecified atom stereocenters. The number of hydrogen-bond donors (Lipinski definition) is 2. The number of aliphatic carboxylic acids is 1. The van der Waals surface area contributed by atoms with Crippen molar-refractivity contribution in [3.05, 3.63) is 58.9 Å². The van der Waals surface area contributed by atoms with Crippen LogP contribution in [0.3, 0.4) is 0 Å². The van der Waals surface area contributed by atoms with Crippen LogP contribution in [0.1, 0.15) is 25.5 Å². The average molecular weight is 396 g/mol. The van der Waals surface area contributed by atoms with E-state index in [1.54, 1.807) is 38.1 Å². The summed E-state index contributed by atoms with van der Waals surface area (Å²) < 4.78 is 23.6. The van der Waals surface area contributed by atoms with Gasteiger partial charge in [-0.2, -0.15) is 0 Å². The molecule has 2 atom stereocenters. The van der Waals surface area contributed by atoms with Gasteiger partial charge in [0.1, 0.15) is 17.3 Å². The Morgan fingerprint density at radius 1 is 1.19 bits per heavy atom. The number of hydrogen-bond acceptors (Lipinski definition) is 4. The van der Waals surface area contributed by atoms with Gasteiger partial charge >= 0.3 is 5.97 Å². The van der Waals surface area contributed by atoms with E-state index in [4.69, 9.17) is 26.2 Å². The highest BCUT2D eigenvalue weighted by atomic mass is 35.5. The number of benzene rings is 2. The molecule has 0 aliphatic rings. The number of nitrogens with one attached hydrogen (secondary N) is 1. The standard InChI is InChI=1S/C19H19ClFNO5/c1-11(13-3-6-15(7-4-13)26-10-18(23)24)22-19(25)12(2)27-17-8-5-14(21)9-16(17)20/h3-9,11-12H,10H2,1-2H3,(H,22,25)(H,23,24). The van der Waals surface area contributed by atoms with E-state index in [0.717, 1.165) is 11.6 Å². The lowest BCUT2D eigenvalue weighted by atomic mass is 10.1. The fourth-order valence-corrected chi connectivity index (χ4v) is 2.44. The van der Waals surface area contributed by atoms with Crippen molar-refractivity contribution in [3.63, 3.8) is 0 Å². The summed E-state index contributed by atoms with van der Waals surface area (Å²) in [5.74, 6) is -1.28. The van der Waals surface area contributed by atoms with Gasteiger partial charge in [-0.1, -0.05) is 23.7 Å². The third-order valence-corrected chi connectivity index (χ3v) is 3.96. The van der Waals surface area contributed by atoms with Crippen LogP contribution in [-0.2, 0) is 9.59 Å². The number of ether oxygens (including phenoxy) is 2. The van der Waals surface area contributed by atoms with Crippen LogP contribution in [-0.4, -0.2) is 29.7 Å². The van der Waals surface area contributed by atoms with Crippen molar-refractivity contribution >= 4 is 23.5 Å². The summed E-state index contributed by atoms with van der Waals surface area (Å²) in [6, 6.07) is 10.1. The zero-order chi connectivity index (χ0) is 20.0. The van der Waals surface area contributed by atoms with Crippen molar-refractivity contribution in [1.82, 2.24) is 5.32 Å². The van der Waals surface area contributed by atoms with Gasteiger partial charge in [0.05, 0.1) is 11.1 Å². The monoisotopic (exact) mass is 395 g/mol. The SMILES string of the molecule is CC(Oc1ccc(F)cc1Cl)C(=O)NC(C)c1ccc(OCC(=O)O)cc1. The maximum absolute atomic E-state index is 13.1. The molecule has 2 rings (SSSR count). The lowest BCUT2D eigenvalue weighted by molar-refractivity contribution is -0.139. The van der Waals surface area contributed by atoms with Gasteiger partial charge in [0, 0.05) is 0 Å². The van der Waals surface area contributed by atoms with Gasteiger partial charge in [-0.3, -0.25) is 4.79 Å². The number of carboxylic acids is 1. The molecular weight excluding hydrogens is 377 g/mol. The first-order chi connectivity index (χ1) is 12.8. The summed E-state index contributed by atoms with van der Waals surface area (Å²) in [7, 11) is 0. The van der Waals surface area contributed by atoms with Crippen molar-refractivity contribution in [3.8, 4) is 11.5 Å². The van der Waals surface area contributed by atoms with Crippen LogP contribution in [0, 0.1) is 5.82 Å². The van der Waals surface area contributed by atoms with E-state index in [-0.39, 0.29) is 22.7 Å². The Balaban J connectivity index is 1.92. The minimum Gasteiger partial charge on any atom is -0.482 e. The molecule has 0 aliphatic carbocycles. The van der Waals surface area contributed by atoms with Crippen molar-refractivity contribution in [2.24, 2.45) is 0 Å². The Morgan fingerprint density at radius 3 is 2.44 bits per heavy atom. The van der Waals surface area contributed by atoms with Crippen LogP contribution in [0.4, 0.5) is 4.39 Å². The van der Waals surface area contributed by atoms with Crippen LogP contribution in [0.2, 0.25) is 5.02 Å². The maximum Gasteiger partial charge on any atom is 0.341 e. The van der Waals surface area contributed by atoms with E-state index in [2.05, 4.69) is 5.32 Å². The van der Waals surface area contributed by atoms with E-state index in [1.807, 2.05) is 0 Å². The molecule has 0 aliphatic heterocycles. The molecule has 1 amide bonds. The summed E-state index contributed by atoms with van der Waals surface area (Å²) in [5.41, 5.74) is 0.804. The van der Waals surface area contributed by atoms with Gasteiger partial charge in [-0.15, -0.1) is 0 Å². The molecule has 2 aromatic rings. The molecule has 27 heavy (non-hydrogen) atoms. The Morgan fingerprint density at radius 2 is 1.85 bits per heavy atom. The zero-order valence-electron chi connectivity index (χ0n) is 14.7. The number of carbonyl (C=O) groups is 2. The lowest BCUT2D eigenvalue weighted by Gasteiger charge is -2.19. The summed E-state index contributed by atoms with van der Waals surface area (Å²) in [4.78, 5) is 22.8. The Kier molecular flexibility index (Phi) is 7.01. The Bertz CT molecular complexity index is 812. The molecular formula is C19H19ClFNO5. The minimum absolute atomic E-state index is 0.0830. The second-order valence-corrected chi connectivity index (χ2v) is 6.22. The second-order valence-electron chi connectivity index (χ2n) is 5.82. The Labute approximate surface area is 160 Å². The highest BCUT2D eigenvalue weighted by molar-refractivity contribution is 6.32. The second kappa shape index (κ2) is 9.23. The fraction of sp³-hybridized carbons (Fsp3) is 0.263. The molecule has 0 aromatic heterocycles. The van der Waals surface area contributed by atoms with Gasteiger partial charge in [0.25, 0.3) is 5.91 Å². The van der Waals surface area contributed by atoms with Gasteiger partial charge in [0.15, 0.2) is 12.7 Å². The molecule has 0 fully saturated rings. The topological polar surface area (TPSA) is 84.9 Å². The van der Waals surface area contributed by atoms with Crippen molar-refractivity contribution in [2.45, 2.75) is 26.0 Å². The van der Waals surface area contributed by atoms with Gasteiger partial charge in [0.2, 0.25) is 0 Å². The van der Waals surface area contributed by atoms with Gasteiger partial charge in [-0.05, 0) is 49.7 Å². The first-order valence-corrected chi connectivity index (χ1v) is 8.50. The van der Waals surface area contributed by atoms with E-state index >= 15 is 0 Å². The highest BCUT2D eigenvalue weighted by Crippen LogP contribution is 2.26. The predicted octanol–water partition coefficient (Wildman–Crippen LogP) is 3.59. The van der Waals surface area contributed by atoms with Crippen LogP contribution >= 0.6 is 11.6 Å². The van der Waals surface area contributed by atoms with Gasteiger partial charge < -0.3 is 19.9 Å². The number of carbonyl (C=O) groups excluding carboxylic acids is 1. The summed E-state index contributed by atoms with van der Waals surface area (Å²) in [6.07, 6.45) is -0.839. The molecule has 0 spiro atoms. The molecule has 0 bridgehead atoms.